The molecule has 9 heteroatoms. The predicted octanol–water partition coefficient (Wildman–Crippen LogP) is 3.32. The summed E-state index contributed by atoms with van der Waals surface area (Å²) in [4.78, 5) is 35.0. The Kier molecular flexibility index (Phi) is 6.15. The zero-order valence-electron chi connectivity index (χ0n) is 17.2. The molecule has 1 aliphatic heterocycles. The summed E-state index contributed by atoms with van der Waals surface area (Å²) in [7, 11) is 0. The maximum atomic E-state index is 14.0. The first kappa shape index (κ1) is 21.2. The largest absolute Gasteiger partial charge is 0.336 e. The van der Waals surface area contributed by atoms with E-state index in [-0.39, 0.29) is 23.9 Å². The molecular weight excluding hydrogens is 417 g/mol. The number of nitrogens with zero attached hydrogens (tertiary/aromatic N) is 2. The van der Waals surface area contributed by atoms with Gasteiger partial charge in [-0.2, -0.15) is 0 Å². The van der Waals surface area contributed by atoms with E-state index < -0.39 is 5.82 Å². The minimum absolute atomic E-state index is 0.0765. The van der Waals surface area contributed by atoms with Crippen LogP contribution in [0.5, 0.6) is 0 Å². The number of aromatic nitrogens is 2. The molecule has 1 aromatic heterocycles. The summed E-state index contributed by atoms with van der Waals surface area (Å²) in [5.41, 5.74) is 3.16. The third-order valence-electron chi connectivity index (χ3n) is 5.52. The highest BCUT2D eigenvalue weighted by atomic mass is 32.1. The van der Waals surface area contributed by atoms with Crippen LogP contribution in [-0.2, 0) is 11.2 Å². The van der Waals surface area contributed by atoms with Gasteiger partial charge in [0.1, 0.15) is 5.82 Å². The van der Waals surface area contributed by atoms with E-state index in [4.69, 9.17) is 12.2 Å². The number of piperazine rings is 1. The van der Waals surface area contributed by atoms with Crippen LogP contribution in [0.2, 0.25) is 0 Å². The Morgan fingerprint density at radius 1 is 1.13 bits per heavy atom. The Morgan fingerprint density at radius 3 is 2.61 bits per heavy atom. The molecule has 0 spiro atoms. The molecule has 0 radical (unpaired) electrons. The summed E-state index contributed by atoms with van der Waals surface area (Å²) < 4.78 is 14.3. The van der Waals surface area contributed by atoms with Gasteiger partial charge in [0.25, 0.3) is 5.91 Å². The van der Waals surface area contributed by atoms with E-state index in [9.17, 15) is 14.0 Å². The van der Waals surface area contributed by atoms with Gasteiger partial charge in [0.05, 0.1) is 23.1 Å². The monoisotopic (exact) mass is 441 g/mol. The standard InChI is InChI=1S/C22H24FN5O2S/c1-2-14-5-3-4-6-17(14)24-19(29)13-27-7-9-28(10-8-27)21(30)16-11-15(23)12-18-20(16)26-22(31)25-18/h3-6,11-12H,2,7-10,13H2,1H3,(H,24,29)(H2,25,26,31). The van der Waals surface area contributed by atoms with Gasteiger partial charge in [-0.1, -0.05) is 25.1 Å². The van der Waals surface area contributed by atoms with Gasteiger partial charge in [-0.25, -0.2) is 4.39 Å². The van der Waals surface area contributed by atoms with Crippen molar-refractivity contribution in [1.29, 1.82) is 0 Å². The Bertz CT molecular complexity index is 1180. The average Bonchev–Trinajstić information content (AvgIpc) is 3.13. The third-order valence-corrected chi connectivity index (χ3v) is 5.72. The number of nitrogens with one attached hydrogen (secondary N) is 3. The fourth-order valence-corrected chi connectivity index (χ4v) is 4.11. The number of amides is 2. The van der Waals surface area contributed by atoms with Crippen molar-refractivity contribution in [3.05, 3.63) is 58.1 Å². The van der Waals surface area contributed by atoms with Crippen molar-refractivity contribution in [1.82, 2.24) is 19.8 Å². The Balaban J connectivity index is 1.37. The first-order valence-corrected chi connectivity index (χ1v) is 10.7. The highest BCUT2D eigenvalue weighted by Gasteiger charge is 2.25. The van der Waals surface area contributed by atoms with Gasteiger partial charge in [0.2, 0.25) is 5.91 Å². The van der Waals surface area contributed by atoms with Crippen LogP contribution in [0.15, 0.2) is 36.4 Å². The number of hydrogen-bond donors (Lipinski definition) is 3. The van der Waals surface area contributed by atoms with E-state index in [2.05, 4.69) is 15.3 Å². The molecule has 1 fully saturated rings. The first-order valence-electron chi connectivity index (χ1n) is 10.3. The molecular formula is C22H24FN5O2S. The van der Waals surface area contributed by atoms with Crippen LogP contribution in [0.3, 0.4) is 0 Å². The van der Waals surface area contributed by atoms with Crippen molar-refractivity contribution in [3.63, 3.8) is 0 Å². The molecule has 162 valence electrons. The van der Waals surface area contributed by atoms with Crippen LogP contribution in [0.4, 0.5) is 10.1 Å². The summed E-state index contributed by atoms with van der Waals surface area (Å²) in [6, 6.07) is 10.3. The number of carbonyl (C=O) groups is 2. The molecule has 2 aromatic carbocycles. The lowest BCUT2D eigenvalue weighted by molar-refractivity contribution is -0.117. The Hall–Kier alpha value is -3.04. The number of halogens is 1. The van der Waals surface area contributed by atoms with Crippen molar-refractivity contribution in [2.75, 3.05) is 38.0 Å². The summed E-state index contributed by atoms with van der Waals surface area (Å²) in [5.74, 6) is -0.827. The second-order valence-electron chi connectivity index (χ2n) is 7.58. The van der Waals surface area contributed by atoms with Crippen molar-refractivity contribution in [2.45, 2.75) is 13.3 Å². The van der Waals surface area contributed by atoms with E-state index >= 15 is 0 Å². The van der Waals surface area contributed by atoms with Gasteiger partial charge in [0, 0.05) is 31.9 Å². The SMILES string of the molecule is CCc1ccccc1NC(=O)CN1CCN(C(=O)c2cc(F)cc3[nH]c(=S)[nH]c23)CC1. The van der Waals surface area contributed by atoms with E-state index in [1.165, 1.54) is 12.1 Å². The molecule has 0 unspecified atom stereocenters. The number of aromatic amines is 2. The lowest BCUT2D eigenvalue weighted by atomic mass is 10.1. The van der Waals surface area contributed by atoms with Crippen LogP contribution in [-0.4, -0.2) is 64.3 Å². The second kappa shape index (κ2) is 8.99. The maximum absolute atomic E-state index is 14.0. The van der Waals surface area contributed by atoms with Gasteiger partial charge >= 0.3 is 0 Å². The van der Waals surface area contributed by atoms with E-state index in [1.54, 1.807) is 4.90 Å². The van der Waals surface area contributed by atoms with Crippen LogP contribution >= 0.6 is 12.2 Å². The number of benzene rings is 2. The molecule has 4 rings (SSSR count). The molecule has 0 saturated carbocycles. The maximum Gasteiger partial charge on any atom is 0.256 e. The second-order valence-corrected chi connectivity index (χ2v) is 7.99. The number of hydrogen-bond acceptors (Lipinski definition) is 4. The lowest BCUT2D eigenvalue weighted by Crippen LogP contribution is -2.50. The molecule has 2 heterocycles. The number of aryl methyl sites for hydroxylation is 1. The van der Waals surface area contributed by atoms with Gasteiger partial charge in [-0.3, -0.25) is 14.5 Å². The van der Waals surface area contributed by atoms with Gasteiger partial charge in [0.15, 0.2) is 4.77 Å². The molecule has 1 aliphatic rings. The fourth-order valence-electron chi connectivity index (χ4n) is 3.90. The molecule has 0 bridgehead atoms. The molecule has 3 N–H and O–H groups in total. The number of fused-ring (bicyclic) bond motifs is 1. The van der Waals surface area contributed by atoms with E-state index in [0.29, 0.717) is 42.0 Å². The van der Waals surface area contributed by atoms with Crippen molar-refractivity contribution in [2.24, 2.45) is 0 Å². The molecule has 3 aromatic rings. The van der Waals surface area contributed by atoms with Crippen LogP contribution in [0.1, 0.15) is 22.8 Å². The van der Waals surface area contributed by atoms with Crippen molar-refractivity contribution in [3.8, 4) is 0 Å². The quantitative estimate of drug-likeness (QED) is 0.531. The van der Waals surface area contributed by atoms with Gasteiger partial charge in [-0.05, 0) is 42.4 Å². The van der Waals surface area contributed by atoms with Gasteiger partial charge in [-0.15, -0.1) is 0 Å². The highest BCUT2D eigenvalue weighted by Crippen LogP contribution is 2.20. The predicted molar refractivity (Wildman–Crippen MR) is 120 cm³/mol. The molecule has 2 amide bonds. The van der Waals surface area contributed by atoms with Crippen molar-refractivity contribution < 1.29 is 14.0 Å². The summed E-state index contributed by atoms with van der Waals surface area (Å²) in [5, 5.41) is 2.98. The molecule has 31 heavy (non-hydrogen) atoms. The zero-order chi connectivity index (χ0) is 22.0. The number of carbonyl (C=O) groups excluding carboxylic acids is 2. The first-order chi connectivity index (χ1) is 14.9. The normalized spacial score (nSPS) is 14.7. The highest BCUT2D eigenvalue weighted by molar-refractivity contribution is 7.71. The number of H-pyrrole nitrogens is 2. The molecule has 7 nitrogen and oxygen atoms in total. The van der Waals surface area contributed by atoms with Crippen LogP contribution < -0.4 is 5.32 Å². The number of anilines is 1. The average molecular weight is 442 g/mol. The van der Waals surface area contributed by atoms with E-state index in [0.717, 1.165) is 17.7 Å². The smallest absolute Gasteiger partial charge is 0.256 e. The van der Waals surface area contributed by atoms with Crippen LogP contribution in [0, 0.1) is 10.6 Å². The summed E-state index contributed by atoms with van der Waals surface area (Å²) in [6.45, 7) is 4.36. The zero-order valence-corrected chi connectivity index (χ0v) is 18.0. The van der Waals surface area contributed by atoms with Crippen LogP contribution in [0.25, 0.3) is 11.0 Å². The Morgan fingerprint density at radius 2 is 1.87 bits per heavy atom. The molecule has 1 saturated heterocycles. The van der Waals surface area contributed by atoms with E-state index in [1.807, 2.05) is 36.1 Å². The number of para-hydroxylation sites is 1. The lowest BCUT2D eigenvalue weighted by Gasteiger charge is -2.34. The Labute approximate surface area is 184 Å². The molecule has 0 aliphatic carbocycles. The summed E-state index contributed by atoms with van der Waals surface area (Å²) >= 11 is 5.07. The summed E-state index contributed by atoms with van der Waals surface area (Å²) in [6.07, 6.45) is 0.843. The number of imidazole rings is 1. The minimum atomic E-state index is -0.497. The van der Waals surface area contributed by atoms with Gasteiger partial charge < -0.3 is 20.2 Å². The molecule has 0 atom stereocenters. The number of rotatable bonds is 5. The topological polar surface area (TPSA) is 84.2 Å². The van der Waals surface area contributed by atoms with Crippen molar-refractivity contribution >= 4 is 40.8 Å². The minimum Gasteiger partial charge on any atom is -0.336 e. The fraction of sp³-hybridized carbons (Fsp3) is 0.318. The third kappa shape index (κ3) is 4.67.